The summed E-state index contributed by atoms with van der Waals surface area (Å²) < 4.78 is 6.70. The molecule has 4 heteroatoms. The van der Waals surface area contributed by atoms with Crippen LogP contribution in [0.5, 0.6) is 5.75 Å². The van der Waals surface area contributed by atoms with Crippen LogP contribution in [0.1, 0.15) is 24.2 Å². The first-order valence-electron chi connectivity index (χ1n) is 5.91. The number of hydrogen-bond acceptors (Lipinski definition) is 2. The highest BCUT2D eigenvalue weighted by molar-refractivity contribution is 9.10. The zero-order valence-electron chi connectivity index (χ0n) is 10.4. The number of benzene rings is 2. The van der Waals surface area contributed by atoms with Crippen LogP contribution < -0.4 is 4.74 Å². The normalized spacial score (nSPS) is 12.2. The summed E-state index contributed by atoms with van der Waals surface area (Å²) in [6.07, 6.45) is -0.533. The molecule has 0 aliphatic rings. The SMILES string of the molecule is C[C@@H](O)c1ccc(OCc2ccccc2Br)c(Cl)c1. The van der Waals surface area contributed by atoms with Crippen LogP contribution in [0.4, 0.5) is 0 Å². The third kappa shape index (κ3) is 3.72. The van der Waals surface area contributed by atoms with Gasteiger partial charge in [-0.3, -0.25) is 0 Å². The molecule has 0 amide bonds. The summed E-state index contributed by atoms with van der Waals surface area (Å²) >= 11 is 9.60. The third-order valence-electron chi connectivity index (χ3n) is 2.78. The summed E-state index contributed by atoms with van der Waals surface area (Å²) in [4.78, 5) is 0. The van der Waals surface area contributed by atoms with E-state index in [0.717, 1.165) is 15.6 Å². The Bertz CT molecular complexity index is 570. The highest BCUT2D eigenvalue weighted by atomic mass is 79.9. The van der Waals surface area contributed by atoms with Crippen molar-refractivity contribution in [3.63, 3.8) is 0 Å². The predicted molar refractivity (Wildman–Crippen MR) is 80.6 cm³/mol. The van der Waals surface area contributed by atoms with Crippen molar-refractivity contribution in [3.05, 3.63) is 63.1 Å². The Balaban J connectivity index is 2.10. The Morgan fingerprint density at radius 1 is 1.26 bits per heavy atom. The number of rotatable bonds is 4. The summed E-state index contributed by atoms with van der Waals surface area (Å²) in [6.45, 7) is 2.14. The summed E-state index contributed by atoms with van der Waals surface area (Å²) in [5.41, 5.74) is 1.83. The summed E-state index contributed by atoms with van der Waals surface area (Å²) in [6, 6.07) is 13.2. The Morgan fingerprint density at radius 3 is 2.63 bits per heavy atom. The van der Waals surface area contributed by atoms with Gasteiger partial charge in [-0.1, -0.05) is 51.8 Å². The number of ether oxygens (including phenoxy) is 1. The molecule has 0 aliphatic heterocycles. The molecule has 1 N–H and O–H groups in total. The van der Waals surface area contributed by atoms with Gasteiger partial charge in [-0.15, -0.1) is 0 Å². The van der Waals surface area contributed by atoms with E-state index in [4.69, 9.17) is 16.3 Å². The van der Waals surface area contributed by atoms with Gasteiger partial charge in [0.15, 0.2) is 0 Å². The molecule has 2 aromatic rings. The lowest BCUT2D eigenvalue weighted by Crippen LogP contribution is -1.98. The summed E-state index contributed by atoms with van der Waals surface area (Å²) in [5.74, 6) is 0.613. The molecular formula is C15H14BrClO2. The van der Waals surface area contributed by atoms with Crippen LogP contribution in [-0.2, 0) is 6.61 Å². The molecule has 0 aromatic heterocycles. The van der Waals surface area contributed by atoms with Gasteiger partial charge in [0.25, 0.3) is 0 Å². The van der Waals surface area contributed by atoms with Crippen molar-refractivity contribution in [1.29, 1.82) is 0 Å². The zero-order chi connectivity index (χ0) is 13.8. The van der Waals surface area contributed by atoms with Crippen molar-refractivity contribution in [2.75, 3.05) is 0 Å². The van der Waals surface area contributed by atoms with Crippen molar-refractivity contribution in [2.45, 2.75) is 19.6 Å². The largest absolute Gasteiger partial charge is 0.487 e. The fraction of sp³-hybridized carbons (Fsp3) is 0.200. The first-order chi connectivity index (χ1) is 9.08. The fourth-order valence-corrected chi connectivity index (χ4v) is 2.31. The van der Waals surface area contributed by atoms with Gasteiger partial charge in [0.2, 0.25) is 0 Å². The van der Waals surface area contributed by atoms with Crippen molar-refractivity contribution in [2.24, 2.45) is 0 Å². The molecule has 0 saturated carbocycles. The second-order valence-electron chi connectivity index (χ2n) is 4.25. The lowest BCUT2D eigenvalue weighted by molar-refractivity contribution is 0.199. The first kappa shape index (κ1) is 14.4. The quantitative estimate of drug-likeness (QED) is 0.870. The monoisotopic (exact) mass is 340 g/mol. The lowest BCUT2D eigenvalue weighted by Gasteiger charge is -2.11. The molecule has 0 saturated heterocycles. The maximum atomic E-state index is 9.48. The standard InChI is InChI=1S/C15H14BrClO2/c1-10(18)11-6-7-15(14(17)8-11)19-9-12-4-2-3-5-13(12)16/h2-8,10,18H,9H2,1H3/t10-/m1/s1. The van der Waals surface area contributed by atoms with E-state index in [-0.39, 0.29) is 0 Å². The minimum atomic E-state index is -0.533. The predicted octanol–water partition coefficient (Wildman–Crippen LogP) is 4.73. The minimum absolute atomic E-state index is 0.440. The highest BCUT2D eigenvalue weighted by Gasteiger charge is 2.07. The Morgan fingerprint density at radius 2 is 2.00 bits per heavy atom. The van der Waals surface area contributed by atoms with Crippen molar-refractivity contribution >= 4 is 27.5 Å². The van der Waals surface area contributed by atoms with Gasteiger partial charge in [0, 0.05) is 10.0 Å². The molecule has 2 nitrogen and oxygen atoms in total. The molecule has 0 fully saturated rings. The molecule has 0 aliphatic carbocycles. The Hall–Kier alpha value is -1.03. The van der Waals surface area contributed by atoms with Crippen LogP contribution in [0.3, 0.4) is 0 Å². The number of halogens is 2. The van der Waals surface area contributed by atoms with Gasteiger partial charge in [0.05, 0.1) is 11.1 Å². The fourth-order valence-electron chi connectivity index (χ4n) is 1.66. The average molecular weight is 342 g/mol. The van der Waals surface area contributed by atoms with Gasteiger partial charge < -0.3 is 9.84 Å². The summed E-state index contributed by atoms with van der Waals surface area (Å²) in [7, 11) is 0. The van der Waals surface area contributed by atoms with Gasteiger partial charge in [0.1, 0.15) is 12.4 Å². The van der Waals surface area contributed by atoms with Gasteiger partial charge in [-0.25, -0.2) is 0 Å². The molecule has 100 valence electrons. The Labute approximate surface area is 126 Å². The molecule has 2 aromatic carbocycles. The molecule has 2 rings (SSSR count). The van der Waals surface area contributed by atoms with E-state index < -0.39 is 6.10 Å². The van der Waals surface area contributed by atoms with Crippen LogP contribution in [-0.4, -0.2) is 5.11 Å². The summed E-state index contributed by atoms with van der Waals surface area (Å²) in [5, 5.41) is 9.98. The molecule has 0 radical (unpaired) electrons. The average Bonchev–Trinajstić information content (AvgIpc) is 2.39. The molecular weight excluding hydrogens is 328 g/mol. The van der Waals surface area contributed by atoms with Crippen LogP contribution in [0.25, 0.3) is 0 Å². The minimum Gasteiger partial charge on any atom is -0.487 e. The number of aliphatic hydroxyl groups excluding tert-OH is 1. The van der Waals surface area contributed by atoms with Crippen LogP contribution in [0, 0.1) is 0 Å². The number of aliphatic hydroxyl groups is 1. The van der Waals surface area contributed by atoms with Gasteiger partial charge in [-0.2, -0.15) is 0 Å². The second kappa shape index (κ2) is 6.42. The lowest BCUT2D eigenvalue weighted by atomic mass is 10.1. The Kier molecular flexibility index (Phi) is 4.86. The van der Waals surface area contributed by atoms with Crippen LogP contribution in [0.15, 0.2) is 46.9 Å². The van der Waals surface area contributed by atoms with Crippen molar-refractivity contribution in [1.82, 2.24) is 0 Å². The van der Waals surface area contributed by atoms with E-state index in [9.17, 15) is 5.11 Å². The maximum Gasteiger partial charge on any atom is 0.138 e. The molecule has 19 heavy (non-hydrogen) atoms. The molecule has 1 atom stereocenters. The van der Waals surface area contributed by atoms with Crippen molar-refractivity contribution in [3.8, 4) is 5.75 Å². The van der Waals surface area contributed by atoms with E-state index in [1.165, 1.54) is 0 Å². The number of hydrogen-bond donors (Lipinski definition) is 1. The van der Waals surface area contributed by atoms with Gasteiger partial charge in [-0.05, 0) is 30.7 Å². The van der Waals surface area contributed by atoms with E-state index in [1.54, 1.807) is 19.1 Å². The van der Waals surface area contributed by atoms with E-state index >= 15 is 0 Å². The van der Waals surface area contributed by atoms with Crippen molar-refractivity contribution < 1.29 is 9.84 Å². The smallest absolute Gasteiger partial charge is 0.138 e. The van der Waals surface area contributed by atoms with E-state index in [1.807, 2.05) is 30.3 Å². The molecule has 0 unspecified atom stereocenters. The van der Waals surface area contributed by atoms with Gasteiger partial charge >= 0.3 is 0 Å². The van der Waals surface area contributed by atoms with E-state index in [0.29, 0.717) is 17.4 Å². The van der Waals surface area contributed by atoms with E-state index in [2.05, 4.69) is 15.9 Å². The topological polar surface area (TPSA) is 29.5 Å². The van der Waals surface area contributed by atoms with Crippen LogP contribution >= 0.6 is 27.5 Å². The first-order valence-corrected chi connectivity index (χ1v) is 7.08. The van der Waals surface area contributed by atoms with Crippen LogP contribution in [0.2, 0.25) is 5.02 Å². The maximum absolute atomic E-state index is 9.48. The second-order valence-corrected chi connectivity index (χ2v) is 5.51. The third-order valence-corrected chi connectivity index (χ3v) is 3.85. The molecule has 0 bridgehead atoms. The molecule has 0 heterocycles. The zero-order valence-corrected chi connectivity index (χ0v) is 12.8. The molecule has 0 spiro atoms. The highest BCUT2D eigenvalue weighted by Crippen LogP contribution is 2.29.